The van der Waals surface area contributed by atoms with Crippen LogP contribution in [0.1, 0.15) is 31.2 Å². The average Bonchev–Trinajstić information content (AvgIpc) is 3.16. The van der Waals surface area contributed by atoms with Crippen molar-refractivity contribution in [1.29, 1.82) is 0 Å². The lowest BCUT2D eigenvalue weighted by atomic mass is 10.1. The molecule has 2 heterocycles. The molecule has 0 aromatic heterocycles. The van der Waals surface area contributed by atoms with Crippen molar-refractivity contribution in [3.8, 4) is 5.75 Å². The number of thiocarbonyl (C=S) groups is 1. The van der Waals surface area contributed by atoms with E-state index in [9.17, 15) is 4.79 Å². The Kier molecular flexibility index (Phi) is 3.99. The molecule has 2 fully saturated rings. The number of amides is 1. The van der Waals surface area contributed by atoms with E-state index in [-0.39, 0.29) is 5.91 Å². The third kappa shape index (κ3) is 2.83. The molecule has 1 saturated heterocycles. The summed E-state index contributed by atoms with van der Waals surface area (Å²) in [5.74, 6) is 0.954. The lowest BCUT2D eigenvalue weighted by Crippen LogP contribution is -2.36. The minimum absolute atomic E-state index is 0.0617. The summed E-state index contributed by atoms with van der Waals surface area (Å²) >= 11 is 6.85. The molecule has 0 radical (unpaired) electrons. The molecule has 0 atom stereocenters. The molecule has 1 aromatic rings. The van der Waals surface area contributed by atoms with Crippen molar-refractivity contribution in [3.05, 3.63) is 46.4 Å². The Morgan fingerprint density at radius 1 is 1.26 bits per heavy atom. The van der Waals surface area contributed by atoms with E-state index in [4.69, 9.17) is 17.0 Å². The van der Waals surface area contributed by atoms with E-state index in [1.165, 1.54) is 24.6 Å². The molecule has 23 heavy (non-hydrogen) atoms. The van der Waals surface area contributed by atoms with Crippen LogP contribution in [0.5, 0.6) is 5.75 Å². The van der Waals surface area contributed by atoms with E-state index >= 15 is 0 Å². The van der Waals surface area contributed by atoms with Gasteiger partial charge in [-0.2, -0.15) is 0 Å². The first-order valence-electron chi connectivity index (χ1n) is 7.92. The van der Waals surface area contributed by atoms with E-state index in [0.29, 0.717) is 17.0 Å². The van der Waals surface area contributed by atoms with Crippen molar-refractivity contribution < 1.29 is 9.53 Å². The first kappa shape index (κ1) is 15.0. The maximum atomic E-state index is 12.7. The van der Waals surface area contributed by atoms with Gasteiger partial charge in [-0.3, -0.25) is 9.69 Å². The topological polar surface area (TPSA) is 29.5 Å². The Balaban J connectivity index is 1.59. The summed E-state index contributed by atoms with van der Waals surface area (Å²) < 4.78 is 6.46. The lowest BCUT2D eigenvalue weighted by molar-refractivity contribution is -0.123. The van der Waals surface area contributed by atoms with Gasteiger partial charge in [-0.15, -0.1) is 0 Å². The average molecular weight is 343 g/mol. The number of carbonyl (C=O) groups is 1. The minimum atomic E-state index is 0.0617. The van der Waals surface area contributed by atoms with Gasteiger partial charge in [-0.05, 0) is 36.6 Å². The largest absolute Gasteiger partial charge is 0.488 e. The summed E-state index contributed by atoms with van der Waals surface area (Å²) in [6, 6.07) is 8.23. The molecule has 5 heteroatoms. The summed E-state index contributed by atoms with van der Waals surface area (Å²) in [5, 5.41) is 0. The van der Waals surface area contributed by atoms with Crippen LogP contribution in [-0.2, 0) is 4.79 Å². The van der Waals surface area contributed by atoms with Gasteiger partial charge in [0.1, 0.15) is 16.7 Å². The number of benzene rings is 1. The van der Waals surface area contributed by atoms with Crippen LogP contribution >= 0.6 is 24.0 Å². The predicted molar refractivity (Wildman–Crippen MR) is 97.3 cm³/mol. The maximum Gasteiger partial charge on any atom is 0.266 e. The Hall–Kier alpha value is -1.59. The van der Waals surface area contributed by atoms with Crippen molar-refractivity contribution in [2.24, 2.45) is 0 Å². The van der Waals surface area contributed by atoms with Crippen molar-refractivity contribution in [1.82, 2.24) is 4.90 Å². The zero-order valence-corrected chi connectivity index (χ0v) is 14.3. The van der Waals surface area contributed by atoms with E-state index in [2.05, 4.69) is 6.08 Å². The van der Waals surface area contributed by atoms with Gasteiger partial charge in [0.25, 0.3) is 5.91 Å². The predicted octanol–water partition coefficient (Wildman–Crippen LogP) is 4.15. The standard InChI is InChI=1S/C18H17NO2S2/c20-17-16(23-18(22)19(17)14-6-2-3-7-14)10-12-9-13-5-1-4-8-15(13)21-11-12/h1,4-5,8-10,14H,2-3,6-7,11H2/b16-10+. The van der Waals surface area contributed by atoms with Crippen LogP contribution in [0.15, 0.2) is 40.8 Å². The highest BCUT2D eigenvalue weighted by atomic mass is 32.2. The molecule has 3 nitrogen and oxygen atoms in total. The molecule has 1 saturated carbocycles. The second kappa shape index (κ2) is 6.13. The number of ether oxygens (including phenoxy) is 1. The van der Waals surface area contributed by atoms with Crippen molar-refractivity contribution in [3.63, 3.8) is 0 Å². The van der Waals surface area contributed by atoms with E-state index in [1.807, 2.05) is 35.2 Å². The van der Waals surface area contributed by atoms with Crippen LogP contribution in [-0.4, -0.2) is 27.8 Å². The van der Waals surface area contributed by atoms with Crippen LogP contribution in [0.2, 0.25) is 0 Å². The summed E-state index contributed by atoms with van der Waals surface area (Å²) in [7, 11) is 0. The van der Waals surface area contributed by atoms with Crippen LogP contribution in [0.4, 0.5) is 0 Å². The van der Waals surface area contributed by atoms with Crippen molar-refractivity contribution >= 4 is 40.3 Å². The number of carbonyl (C=O) groups excluding carboxylic acids is 1. The highest BCUT2D eigenvalue weighted by molar-refractivity contribution is 8.26. The van der Waals surface area contributed by atoms with Crippen LogP contribution in [0, 0.1) is 0 Å². The Morgan fingerprint density at radius 3 is 2.87 bits per heavy atom. The maximum absolute atomic E-state index is 12.7. The second-order valence-electron chi connectivity index (χ2n) is 6.04. The number of para-hydroxylation sites is 1. The molecule has 2 aliphatic heterocycles. The summed E-state index contributed by atoms with van der Waals surface area (Å²) in [4.78, 5) is 15.3. The monoisotopic (exact) mass is 343 g/mol. The molecule has 1 aromatic carbocycles. The number of hydrogen-bond acceptors (Lipinski definition) is 4. The summed E-state index contributed by atoms with van der Waals surface area (Å²) in [6.45, 7) is 0.491. The quantitative estimate of drug-likeness (QED) is 0.596. The van der Waals surface area contributed by atoms with E-state index in [1.54, 1.807) is 0 Å². The van der Waals surface area contributed by atoms with Gasteiger partial charge in [0.05, 0.1) is 4.91 Å². The Morgan fingerprint density at radius 2 is 2.04 bits per heavy atom. The van der Waals surface area contributed by atoms with E-state index in [0.717, 1.165) is 34.6 Å². The fourth-order valence-corrected chi connectivity index (χ4v) is 4.76. The fourth-order valence-electron chi connectivity index (χ4n) is 3.34. The van der Waals surface area contributed by atoms with Gasteiger partial charge in [0.2, 0.25) is 0 Å². The molecule has 118 valence electrons. The zero-order chi connectivity index (χ0) is 15.8. The number of nitrogens with zero attached hydrogens (tertiary/aromatic N) is 1. The highest BCUT2D eigenvalue weighted by Gasteiger charge is 2.38. The third-order valence-corrected chi connectivity index (χ3v) is 5.81. The van der Waals surface area contributed by atoms with Crippen LogP contribution < -0.4 is 4.74 Å². The molecule has 0 bridgehead atoms. The molecule has 1 amide bonds. The number of rotatable bonds is 2. The molecular weight excluding hydrogens is 326 g/mol. The SMILES string of the molecule is O=C1/C(=C\C2=Cc3ccccc3OC2)SC(=S)N1C1CCCC1. The van der Waals surface area contributed by atoms with Gasteiger partial charge in [-0.1, -0.05) is 55.0 Å². The normalized spacial score (nSPS) is 23.2. The molecule has 0 N–H and O–H groups in total. The Bertz CT molecular complexity index is 732. The first-order valence-corrected chi connectivity index (χ1v) is 9.14. The van der Waals surface area contributed by atoms with Crippen LogP contribution in [0.3, 0.4) is 0 Å². The number of thioether (sulfide) groups is 1. The highest BCUT2D eigenvalue weighted by Crippen LogP contribution is 2.38. The second-order valence-corrected chi connectivity index (χ2v) is 7.71. The van der Waals surface area contributed by atoms with Crippen molar-refractivity contribution in [2.45, 2.75) is 31.7 Å². The van der Waals surface area contributed by atoms with Crippen LogP contribution in [0.25, 0.3) is 6.08 Å². The smallest absolute Gasteiger partial charge is 0.266 e. The van der Waals surface area contributed by atoms with Gasteiger partial charge < -0.3 is 4.74 Å². The molecule has 0 spiro atoms. The molecule has 1 aliphatic carbocycles. The minimum Gasteiger partial charge on any atom is -0.488 e. The van der Waals surface area contributed by atoms with Gasteiger partial charge in [-0.25, -0.2) is 0 Å². The van der Waals surface area contributed by atoms with Gasteiger partial charge in [0.15, 0.2) is 0 Å². The zero-order valence-electron chi connectivity index (χ0n) is 12.7. The third-order valence-electron chi connectivity index (χ3n) is 4.48. The van der Waals surface area contributed by atoms with Crippen molar-refractivity contribution in [2.75, 3.05) is 6.61 Å². The summed E-state index contributed by atoms with van der Waals surface area (Å²) in [6.07, 6.45) is 8.54. The number of hydrogen-bond donors (Lipinski definition) is 0. The lowest BCUT2D eigenvalue weighted by Gasteiger charge is -2.22. The molecule has 3 aliphatic rings. The van der Waals surface area contributed by atoms with Gasteiger partial charge in [0, 0.05) is 11.6 Å². The summed E-state index contributed by atoms with van der Waals surface area (Å²) in [5.41, 5.74) is 2.06. The molecule has 0 unspecified atom stereocenters. The Labute approximate surface area is 145 Å². The van der Waals surface area contributed by atoms with Gasteiger partial charge >= 0.3 is 0 Å². The molecule has 4 rings (SSSR count). The van der Waals surface area contributed by atoms with E-state index < -0.39 is 0 Å². The number of fused-ring (bicyclic) bond motifs is 1. The first-order chi connectivity index (χ1) is 11.2. The fraction of sp³-hybridized carbons (Fsp3) is 0.333. The molecular formula is C18H17NO2S2.